The molecule has 0 aromatic heterocycles. The number of nitrogens with one attached hydrogen (secondary N) is 2. The lowest BCUT2D eigenvalue weighted by molar-refractivity contribution is -0.0494. The van der Waals surface area contributed by atoms with Gasteiger partial charge in [0.2, 0.25) is 0 Å². The van der Waals surface area contributed by atoms with Crippen molar-refractivity contribution in [2.24, 2.45) is 10.4 Å². The maximum Gasteiger partial charge on any atom is 0.511 e. The number of halogens is 4. The first kappa shape index (κ1) is 25.7. The van der Waals surface area contributed by atoms with Crippen LogP contribution in [0.15, 0.2) is 4.99 Å². The Morgan fingerprint density at radius 3 is 2.32 bits per heavy atom. The molecule has 1 aliphatic carbocycles. The van der Waals surface area contributed by atoms with Gasteiger partial charge in [-0.3, -0.25) is 4.99 Å². The smallest absolute Gasteiger partial charge is 0.385 e. The summed E-state index contributed by atoms with van der Waals surface area (Å²) in [5.74, 6) is 0.593. The van der Waals surface area contributed by atoms with Crippen molar-refractivity contribution in [3.05, 3.63) is 0 Å². The summed E-state index contributed by atoms with van der Waals surface area (Å²) >= 11 is 0. The highest BCUT2D eigenvalue weighted by atomic mass is 127. The quantitative estimate of drug-likeness (QED) is 0.293. The lowest BCUT2D eigenvalue weighted by Crippen LogP contribution is -2.53. The Morgan fingerprint density at radius 1 is 1.29 bits per heavy atom. The topological polar surface area (TPSA) is 83.0 Å². The number of hydrogen-bond donors (Lipinski definition) is 2. The van der Waals surface area contributed by atoms with Crippen LogP contribution in [0.25, 0.3) is 0 Å². The second-order valence-electron chi connectivity index (χ2n) is 7.29. The van der Waals surface area contributed by atoms with Crippen LogP contribution in [0.3, 0.4) is 0 Å². The van der Waals surface area contributed by atoms with Crippen molar-refractivity contribution < 1.29 is 26.3 Å². The van der Waals surface area contributed by atoms with Gasteiger partial charge in [0, 0.05) is 46.4 Å². The van der Waals surface area contributed by atoms with Crippen LogP contribution >= 0.6 is 24.0 Å². The van der Waals surface area contributed by atoms with Crippen molar-refractivity contribution in [1.82, 2.24) is 14.9 Å². The summed E-state index contributed by atoms with van der Waals surface area (Å²) in [7, 11) is -1.92. The maximum absolute atomic E-state index is 12.6. The number of aliphatic imine (C=N–C) groups is 1. The van der Waals surface area contributed by atoms with E-state index < -0.39 is 15.5 Å². The van der Waals surface area contributed by atoms with Crippen molar-refractivity contribution >= 4 is 40.0 Å². The maximum atomic E-state index is 12.6. The predicted molar refractivity (Wildman–Crippen MR) is 112 cm³/mol. The average Bonchev–Trinajstić information content (AvgIpc) is 2.58. The molecule has 0 atom stereocenters. The van der Waals surface area contributed by atoms with E-state index >= 15 is 0 Å². The molecule has 12 heteroatoms. The molecule has 0 radical (unpaired) electrons. The molecule has 2 aliphatic rings. The Bertz CT molecular complexity index is 619. The molecule has 1 saturated carbocycles. The molecule has 28 heavy (non-hydrogen) atoms. The van der Waals surface area contributed by atoms with Gasteiger partial charge in [-0.15, -0.1) is 24.0 Å². The zero-order valence-electron chi connectivity index (χ0n) is 16.2. The molecule has 2 N–H and O–H groups in total. The Morgan fingerprint density at radius 2 is 1.89 bits per heavy atom. The highest BCUT2D eigenvalue weighted by Gasteiger charge is 2.50. The highest BCUT2D eigenvalue weighted by Crippen LogP contribution is 2.43. The van der Waals surface area contributed by atoms with Gasteiger partial charge in [-0.2, -0.15) is 17.5 Å². The van der Waals surface area contributed by atoms with Crippen LogP contribution in [0.4, 0.5) is 13.2 Å². The minimum absolute atomic E-state index is 0. The molecule has 2 fully saturated rings. The summed E-state index contributed by atoms with van der Waals surface area (Å²) in [5.41, 5.74) is -5.04. The number of rotatable bonds is 7. The van der Waals surface area contributed by atoms with E-state index in [-0.39, 0.29) is 48.5 Å². The monoisotopic (exact) mass is 542 g/mol. The molecule has 0 spiro atoms. The number of hydrogen-bond acceptors (Lipinski definition) is 4. The first-order valence-electron chi connectivity index (χ1n) is 9.16. The summed E-state index contributed by atoms with van der Waals surface area (Å²) in [5, 5.41) is 6.50. The minimum atomic E-state index is -5.25. The van der Waals surface area contributed by atoms with E-state index in [4.69, 9.17) is 4.74 Å². The second-order valence-corrected chi connectivity index (χ2v) is 9.22. The first-order chi connectivity index (χ1) is 12.6. The summed E-state index contributed by atoms with van der Waals surface area (Å²) in [4.78, 5) is 4.18. The van der Waals surface area contributed by atoms with Gasteiger partial charge >= 0.3 is 15.5 Å². The van der Waals surface area contributed by atoms with Gasteiger partial charge in [0.15, 0.2) is 5.96 Å². The molecule has 166 valence electrons. The standard InChI is InChI=1S/C16H29F3N4O3S.HI/c1-20-14(21-12-15(6-3-7-15)8-11-26-2)22-13-4-9-23(10-5-13)27(24,25)16(17,18)19;/h13H,3-12H2,1-2H3,(H2,20,21,22);1H. The van der Waals surface area contributed by atoms with Crippen LogP contribution in [0.5, 0.6) is 0 Å². The molecule has 0 aromatic carbocycles. The summed E-state index contributed by atoms with van der Waals surface area (Å²) < 4.78 is 66.5. The third-order valence-electron chi connectivity index (χ3n) is 5.53. The van der Waals surface area contributed by atoms with E-state index in [0.29, 0.717) is 29.7 Å². The number of alkyl halides is 3. The Hall–Kier alpha value is -0.340. The fourth-order valence-electron chi connectivity index (χ4n) is 3.56. The van der Waals surface area contributed by atoms with Gasteiger partial charge in [-0.1, -0.05) is 6.42 Å². The van der Waals surface area contributed by atoms with E-state index in [2.05, 4.69) is 15.6 Å². The SMILES string of the molecule is CN=C(NCC1(CCOC)CCC1)NC1CCN(S(=O)(=O)C(F)(F)F)CC1.I. The van der Waals surface area contributed by atoms with Crippen molar-refractivity contribution in [3.63, 3.8) is 0 Å². The number of guanidine groups is 1. The summed E-state index contributed by atoms with van der Waals surface area (Å²) in [6, 6.07) is -0.118. The molecule has 1 saturated heterocycles. The number of sulfonamides is 1. The van der Waals surface area contributed by atoms with Crippen molar-refractivity contribution in [3.8, 4) is 0 Å². The van der Waals surface area contributed by atoms with Crippen LogP contribution in [-0.2, 0) is 14.8 Å². The molecule has 2 rings (SSSR count). The molecule has 1 heterocycles. The second kappa shape index (κ2) is 10.6. The zero-order chi connectivity index (χ0) is 20.1. The van der Waals surface area contributed by atoms with Crippen molar-refractivity contribution in [2.75, 3.05) is 40.4 Å². The lowest BCUT2D eigenvalue weighted by atomic mass is 9.67. The van der Waals surface area contributed by atoms with Gasteiger partial charge in [0.1, 0.15) is 0 Å². The molecule has 0 unspecified atom stereocenters. The third-order valence-corrected chi connectivity index (χ3v) is 7.16. The summed E-state index contributed by atoms with van der Waals surface area (Å²) in [6.07, 6.45) is 5.03. The van der Waals surface area contributed by atoms with Crippen LogP contribution < -0.4 is 10.6 Å². The van der Waals surface area contributed by atoms with Gasteiger partial charge in [-0.05, 0) is 37.5 Å². The minimum Gasteiger partial charge on any atom is -0.385 e. The zero-order valence-corrected chi connectivity index (χ0v) is 19.4. The van der Waals surface area contributed by atoms with Crippen LogP contribution in [0.1, 0.15) is 38.5 Å². The molecule has 7 nitrogen and oxygen atoms in total. The lowest BCUT2D eigenvalue weighted by Gasteiger charge is -2.42. The Labute approximate surface area is 181 Å². The van der Waals surface area contributed by atoms with E-state index in [0.717, 1.165) is 25.8 Å². The molecule has 0 aromatic rings. The fourth-order valence-corrected chi connectivity index (χ4v) is 4.54. The van der Waals surface area contributed by atoms with E-state index in [1.54, 1.807) is 14.2 Å². The number of nitrogens with zero attached hydrogens (tertiary/aromatic N) is 2. The van der Waals surface area contributed by atoms with Gasteiger partial charge in [-0.25, -0.2) is 8.42 Å². The molecule has 0 bridgehead atoms. The van der Waals surface area contributed by atoms with E-state index in [9.17, 15) is 21.6 Å². The van der Waals surface area contributed by atoms with E-state index in [1.807, 2.05) is 0 Å². The molecular formula is C16H30F3IN4O3S. The summed E-state index contributed by atoms with van der Waals surface area (Å²) in [6.45, 7) is 1.15. The van der Waals surface area contributed by atoms with Gasteiger partial charge < -0.3 is 15.4 Å². The Kier molecular flexibility index (Phi) is 9.74. The molecule has 1 aliphatic heterocycles. The number of methoxy groups -OCH3 is 1. The van der Waals surface area contributed by atoms with Gasteiger partial charge in [0.25, 0.3) is 0 Å². The van der Waals surface area contributed by atoms with Crippen molar-refractivity contribution in [1.29, 1.82) is 0 Å². The van der Waals surface area contributed by atoms with Crippen molar-refractivity contribution in [2.45, 2.75) is 50.1 Å². The first-order valence-corrected chi connectivity index (χ1v) is 10.6. The highest BCUT2D eigenvalue weighted by molar-refractivity contribution is 14.0. The average molecular weight is 542 g/mol. The molecular weight excluding hydrogens is 512 g/mol. The molecule has 0 amide bonds. The normalized spacial score (nSPS) is 21.5. The number of ether oxygens (including phenoxy) is 1. The fraction of sp³-hybridized carbons (Fsp3) is 0.938. The van der Waals surface area contributed by atoms with Crippen LogP contribution in [-0.4, -0.2) is 70.6 Å². The third kappa shape index (κ3) is 6.33. The van der Waals surface area contributed by atoms with Gasteiger partial charge in [0.05, 0.1) is 0 Å². The largest absolute Gasteiger partial charge is 0.511 e. The van der Waals surface area contributed by atoms with Crippen LogP contribution in [0.2, 0.25) is 0 Å². The van der Waals surface area contributed by atoms with E-state index in [1.165, 1.54) is 6.42 Å². The predicted octanol–water partition coefficient (Wildman–Crippen LogP) is 2.29. The number of piperidine rings is 1. The Balaban J connectivity index is 0.00000392. The van der Waals surface area contributed by atoms with Crippen LogP contribution in [0, 0.1) is 5.41 Å².